The zero-order valence-electron chi connectivity index (χ0n) is 16.7. The van der Waals surface area contributed by atoms with Gasteiger partial charge < -0.3 is 20.7 Å². The van der Waals surface area contributed by atoms with E-state index in [4.69, 9.17) is 4.74 Å². The molecule has 0 aliphatic carbocycles. The molecular weight excluding hydrogens is 380 g/mol. The summed E-state index contributed by atoms with van der Waals surface area (Å²) in [6.45, 7) is 5.53. The van der Waals surface area contributed by atoms with E-state index in [2.05, 4.69) is 20.9 Å². The SMILES string of the molecule is CCNC(=NCc1ccc(C)cc1OC)NCCC(=O)NC1CCS(=O)(=O)C1. The van der Waals surface area contributed by atoms with Crippen LogP contribution < -0.4 is 20.7 Å². The summed E-state index contributed by atoms with van der Waals surface area (Å²) in [5.41, 5.74) is 2.10. The number of nitrogens with zero attached hydrogens (tertiary/aromatic N) is 1. The van der Waals surface area contributed by atoms with E-state index in [1.165, 1.54) is 0 Å². The van der Waals surface area contributed by atoms with E-state index in [0.717, 1.165) is 16.9 Å². The molecule has 2 rings (SSSR count). The monoisotopic (exact) mass is 410 g/mol. The minimum absolute atomic E-state index is 0.0364. The molecule has 1 aliphatic heterocycles. The van der Waals surface area contributed by atoms with Gasteiger partial charge in [0.05, 0.1) is 25.2 Å². The van der Waals surface area contributed by atoms with E-state index < -0.39 is 9.84 Å². The fourth-order valence-corrected chi connectivity index (χ4v) is 4.66. The first kappa shape index (κ1) is 22.0. The number of ether oxygens (including phenoxy) is 1. The highest BCUT2D eigenvalue weighted by Crippen LogP contribution is 2.20. The van der Waals surface area contributed by atoms with Gasteiger partial charge in [0.2, 0.25) is 5.91 Å². The van der Waals surface area contributed by atoms with Crippen LogP contribution in [0.2, 0.25) is 0 Å². The highest BCUT2D eigenvalue weighted by Gasteiger charge is 2.28. The van der Waals surface area contributed by atoms with Crippen molar-refractivity contribution in [3.63, 3.8) is 0 Å². The number of carbonyl (C=O) groups excluding carboxylic acids is 1. The van der Waals surface area contributed by atoms with E-state index in [0.29, 0.717) is 32.0 Å². The molecule has 0 aromatic heterocycles. The number of methoxy groups -OCH3 is 1. The summed E-state index contributed by atoms with van der Waals surface area (Å²) in [5.74, 6) is 1.43. The van der Waals surface area contributed by atoms with Crippen LogP contribution in [0.5, 0.6) is 5.75 Å². The van der Waals surface area contributed by atoms with Crippen molar-refractivity contribution in [3.8, 4) is 5.75 Å². The Labute approximate surface area is 167 Å². The number of guanidine groups is 1. The lowest BCUT2D eigenvalue weighted by Crippen LogP contribution is -2.41. The van der Waals surface area contributed by atoms with Gasteiger partial charge in [-0.3, -0.25) is 4.79 Å². The third-order valence-corrected chi connectivity index (χ3v) is 6.20. The average Bonchev–Trinajstić information content (AvgIpc) is 2.98. The van der Waals surface area contributed by atoms with Crippen molar-refractivity contribution in [1.29, 1.82) is 0 Å². The summed E-state index contributed by atoms with van der Waals surface area (Å²) in [6.07, 6.45) is 0.735. The maximum Gasteiger partial charge on any atom is 0.222 e. The Morgan fingerprint density at radius 1 is 1.32 bits per heavy atom. The summed E-state index contributed by atoms with van der Waals surface area (Å²) in [6, 6.07) is 5.71. The van der Waals surface area contributed by atoms with Crippen molar-refractivity contribution in [1.82, 2.24) is 16.0 Å². The number of aryl methyl sites for hydroxylation is 1. The number of amides is 1. The van der Waals surface area contributed by atoms with Crippen molar-refractivity contribution in [2.45, 2.75) is 39.3 Å². The fourth-order valence-electron chi connectivity index (χ4n) is 2.99. The Bertz CT molecular complexity index is 808. The summed E-state index contributed by atoms with van der Waals surface area (Å²) >= 11 is 0. The molecule has 1 atom stereocenters. The minimum atomic E-state index is -2.99. The van der Waals surface area contributed by atoms with Crippen LogP contribution in [0.1, 0.15) is 30.9 Å². The molecule has 1 aliphatic rings. The number of aliphatic imine (C=N–C) groups is 1. The molecule has 8 nitrogen and oxygen atoms in total. The summed E-state index contributed by atoms with van der Waals surface area (Å²) in [5, 5.41) is 9.06. The molecule has 28 heavy (non-hydrogen) atoms. The smallest absolute Gasteiger partial charge is 0.222 e. The van der Waals surface area contributed by atoms with Gasteiger partial charge in [-0.05, 0) is 31.9 Å². The van der Waals surface area contributed by atoms with Gasteiger partial charge in [-0.15, -0.1) is 0 Å². The number of carbonyl (C=O) groups is 1. The van der Waals surface area contributed by atoms with Crippen LogP contribution in [0.15, 0.2) is 23.2 Å². The summed E-state index contributed by atoms with van der Waals surface area (Å²) in [4.78, 5) is 16.6. The van der Waals surface area contributed by atoms with Crippen LogP contribution in [0.25, 0.3) is 0 Å². The molecule has 1 unspecified atom stereocenters. The Morgan fingerprint density at radius 3 is 2.75 bits per heavy atom. The minimum Gasteiger partial charge on any atom is -0.496 e. The molecule has 1 heterocycles. The van der Waals surface area contributed by atoms with Crippen molar-refractivity contribution >= 4 is 21.7 Å². The van der Waals surface area contributed by atoms with Crippen LogP contribution in [0.4, 0.5) is 0 Å². The van der Waals surface area contributed by atoms with E-state index in [-0.39, 0.29) is 29.9 Å². The first-order valence-corrected chi connectivity index (χ1v) is 11.3. The van der Waals surface area contributed by atoms with Crippen molar-refractivity contribution in [2.75, 3.05) is 31.7 Å². The molecule has 0 saturated carbocycles. The number of benzene rings is 1. The lowest BCUT2D eigenvalue weighted by molar-refractivity contribution is -0.121. The van der Waals surface area contributed by atoms with E-state index in [1.54, 1.807) is 7.11 Å². The van der Waals surface area contributed by atoms with Crippen molar-refractivity contribution in [3.05, 3.63) is 29.3 Å². The van der Waals surface area contributed by atoms with Crippen LogP contribution in [-0.4, -0.2) is 58.0 Å². The second-order valence-electron chi connectivity index (χ2n) is 6.85. The van der Waals surface area contributed by atoms with E-state index in [9.17, 15) is 13.2 Å². The molecule has 0 bridgehead atoms. The van der Waals surface area contributed by atoms with Gasteiger partial charge in [0.1, 0.15) is 5.75 Å². The van der Waals surface area contributed by atoms with Gasteiger partial charge in [-0.25, -0.2) is 13.4 Å². The highest BCUT2D eigenvalue weighted by atomic mass is 32.2. The van der Waals surface area contributed by atoms with Gasteiger partial charge in [-0.2, -0.15) is 0 Å². The average molecular weight is 411 g/mol. The van der Waals surface area contributed by atoms with Crippen molar-refractivity contribution < 1.29 is 17.9 Å². The Hall–Kier alpha value is -2.29. The lowest BCUT2D eigenvalue weighted by atomic mass is 10.1. The standard InChI is InChI=1S/C19H30N4O4S/c1-4-20-19(22-12-15-6-5-14(2)11-17(15)27-3)21-9-7-18(24)23-16-8-10-28(25,26)13-16/h5-6,11,16H,4,7-10,12-13H2,1-3H3,(H,23,24)(H2,20,21,22). The van der Waals surface area contributed by atoms with Crippen LogP contribution in [-0.2, 0) is 21.2 Å². The normalized spacial score (nSPS) is 18.5. The zero-order valence-corrected chi connectivity index (χ0v) is 17.6. The second kappa shape index (κ2) is 10.3. The van der Waals surface area contributed by atoms with Crippen LogP contribution in [0.3, 0.4) is 0 Å². The fraction of sp³-hybridized carbons (Fsp3) is 0.579. The molecule has 1 amide bonds. The van der Waals surface area contributed by atoms with Crippen LogP contribution >= 0.6 is 0 Å². The van der Waals surface area contributed by atoms with Gasteiger partial charge in [0.25, 0.3) is 0 Å². The summed E-state index contributed by atoms with van der Waals surface area (Å²) < 4.78 is 28.3. The molecule has 1 saturated heterocycles. The molecule has 0 spiro atoms. The Kier molecular flexibility index (Phi) is 8.10. The topological polar surface area (TPSA) is 109 Å². The molecular formula is C19H30N4O4S. The largest absolute Gasteiger partial charge is 0.496 e. The van der Waals surface area contributed by atoms with E-state index >= 15 is 0 Å². The number of sulfone groups is 1. The predicted molar refractivity (Wildman–Crippen MR) is 110 cm³/mol. The molecule has 9 heteroatoms. The third kappa shape index (κ3) is 7.03. The second-order valence-corrected chi connectivity index (χ2v) is 9.08. The number of hydrogen-bond acceptors (Lipinski definition) is 5. The maximum atomic E-state index is 12.0. The molecule has 1 fully saturated rings. The van der Waals surface area contributed by atoms with Crippen LogP contribution in [0, 0.1) is 6.92 Å². The lowest BCUT2D eigenvalue weighted by Gasteiger charge is -2.14. The van der Waals surface area contributed by atoms with Gasteiger partial charge in [-0.1, -0.05) is 12.1 Å². The first-order chi connectivity index (χ1) is 13.3. The van der Waals surface area contributed by atoms with Gasteiger partial charge in [0.15, 0.2) is 15.8 Å². The first-order valence-electron chi connectivity index (χ1n) is 9.48. The quantitative estimate of drug-likeness (QED) is 0.431. The molecule has 1 aromatic carbocycles. The molecule has 0 radical (unpaired) electrons. The Morgan fingerprint density at radius 2 is 2.11 bits per heavy atom. The number of rotatable bonds is 8. The predicted octanol–water partition coefficient (Wildman–Crippen LogP) is 0.752. The van der Waals surface area contributed by atoms with Crippen molar-refractivity contribution in [2.24, 2.45) is 4.99 Å². The van der Waals surface area contributed by atoms with Gasteiger partial charge in [0, 0.05) is 31.1 Å². The number of nitrogens with one attached hydrogen (secondary N) is 3. The molecule has 3 N–H and O–H groups in total. The van der Waals surface area contributed by atoms with E-state index in [1.807, 2.05) is 32.0 Å². The summed E-state index contributed by atoms with van der Waals surface area (Å²) in [7, 11) is -1.36. The molecule has 156 valence electrons. The zero-order chi connectivity index (χ0) is 20.6. The van der Waals surface area contributed by atoms with Gasteiger partial charge >= 0.3 is 0 Å². The third-order valence-electron chi connectivity index (χ3n) is 4.44. The molecule has 1 aromatic rings. The highest BCUT2D eigenvalue weighted by molar-refractivity contribution is 7.91. The Balaban J connectivity index is 1.83. The number of hydrogen-bond donors (Lipinski definition) is 3. The maximum absolute atomic E-state index is 12.0.